The molecule has 3 aromatic carbocycles. The van der Waals surface area contributed by atoms with Gasteiger partial charge >= 0.3 is 10.1 Å². The number of ether oxygens (including phenoxy) is 2. The van der Waals surface area contributed by atoms with Crippen molar-refractivity contribution in [3.05, 3.63) is 86.7 Å². The number of aryl methyl sites for hydroxylation is 1. The first-order valence-electron chi connectivity index (χ1n) is 11.1. The Morgan fingerprint density at radius 2 is 1.68 bits per heavy atom. The van der Waals surface area contributed by atoms with Crippen molar-refractivity contribution in [3.63, 3.8) is 0 Å². The Morgan fingerprint density at radius 1 is 0.974 bits per heavy atom. The van der Waals surface area contributed by atoms with Crippen LogP contribution in [0.3, 0.4) is 0 Å². The molecule has 1 saturated heterocycles. The highest BCUT2D eigenvalue weighted by molar-refractivity contribution is 8.18. The molecule has 0 aliphatic carbocycles. The van der Waals surface area contributed by atoms with E-state index in [1.54, 1.807) is 36.4 Å². The molecule has 0 aromatic heterocycles. The second kappa shape index (κ2) is 11.7. The zero-order valence-corrected chi connectivity index (χ0v) is 23.3. The van der Waals surface area contributed by atoms with Gasteiger partial charge < -0.3 is 13.7 Å². The van der Waals surface area contributed by atoms with Gasteiger partial charge in [0.2, 0.25) is 5.75 Å². The highest BCUT2D eigenvalue weighted by atomic mass is 35.5. The molecule has 0 spiro atoms. The Labute approximate surface area is 234 Å². The number of hydrogen-bond donors (Lipinski definition) is 0. The van der Waals surface area contributed by atoms with Gasteiger partial charge in [0.25, 0.3) is 11.1 Å². The quantitative estimate of drug-likeness (QED) is 0.214. The smallest absolute Gasteiger partial charge is 0.339 e. The highest BCUT2D eigenvalue weighted by Crippen LogP contribution is 2.40. The van der Waals surface area contributed by atoms with E-state index in [4.69, 9.17) is 36.9 Å². The molecule has 8 nitrogen and oxygen atoms in total. The number of benzene rings is 3. The van der Waals surface area contributed by atoms with E-state index in [1.807, 2.05) is 6.92 Å². The molecule has 0 N–H and O–H groups in total. The Kier molecular flexibility index (Phi) is 8.57. The number of carbonyl (C=O) groups is 2. The average molecular weight is 594 g/mol. The topological polar surface area (TPSA) is 99.2 Å². The van der Waals surface area contributed by atoms with E-state index in [0.29, 0.717) is 16.3 Å². The lowest BCUT2D eigenvalue weighted by Crippen LogP contribution is -2.32. The number of amides is 2. The summed E-state index contributed by atoms with van der Waals surface area (Å²) in [4.78, 5) is 26.5. The lowest BCUT2D eigenvalue weighted by Gasteiger charge is -2.14. The molecular weight excluding hydrogens is 573 g/mol. The van der Waals surface area contributed by atoms with Crippen LogP contribution in [0.25, 0.3) is 6.08 Å². The number of para-hydroxylation sites is 1. The fraction of sp³-hybridized carbons (Fsp3) is 0.154. The first-order chi connectivity index (χ1) is 18.1. The largest absolute Gasteiger partial charge is 0.493 e. The molecule has 12 heteroatoms. The molecular formula is C26H21Cl2NO7S2. The van der Waals surface area contributed by atoms with Crippen molar-refractivity contribution in [2.45, 2.75) is 11.8 Å². The Bertz CT molecular complexity index is 1520. The molecule has 38 heavy (non-hydrogen) atoms. The van der Waals surface area contributed by atoms with Gasteiger partial charge in [-0.2, -0.15) is 8.42 Å². The van der Waals surface area contributed by atoms with E-state index in [-0.39, 0.29) is 39.5 Å². The monoisotopic (exact) mass is 593 g/mol. The number of halogens is 2. The molecule has 1 aliphatic heterocycles. The van der Waals surface area contributed by atoms with Crippen LogP contribution < -0.4 is 13.7 Å². The number of rotatable bonds is 9. The van der Waals surface area contributed by atoms with E-state index in [0.717, 1.165) is 22.2 Å². The maximum absolute atomic E-state index is 12.9. The summed E-state index contributed by atoms with van der Waals surface area (Å²) in [5, 5.41) is -0.0867. The van der Waals surface area contributed by atoms with Crippen LogP contribution in [-0.2, 0) is 14.9 Å². The van der Waals surface area contributed by atoms with Crippen molar-refractivity contribution >= 4 is 62.3 Å². The molecule has 0 saturated carbocycles. The third-order valence-electron chi connectivity index (χ3n) is 5.33. The molecule has 1 fully saturated rings. The van der Waals surface area contributed by atoms with E-state index in [9.17, 15) is 18.0 Å². The molecule has 0 radical (unpaired) electrons. The zero-order valence-electron chi connectivity index (χ0n) is 20.1. The molecule has 4 rings (SSSR count). The first kappa shape index (κ1) is 27.8. The van der Waals surface area contributed by atoms with Crippen molar-refractivity contribution < 1.29 is 31.7 Å². The molecule has 1 heterocycles. The van der Waals surface area contributed by atoms with Crippen LogP contribution in [0.5, 0.6) is 17.2 Å². The van der Waals surface area contributed by atoms with Crippen LogP contribution >= 0.6 is 35.0 Å². The minimum Gasteiger partial charge on any atom is -0.493 e. The van der Waals surface area contributed by atoms with Gasteiger partial charge in [-0.15, -0.1) is 0 Å². The third-order valence-corrected chi connectivity index (χ3v) is 8.07. The predicted octanol–water partition coefficient (Wildman–Crippen LogP) is 6.19. The number of carbonyl (C=O) groups excluding carboxylic acids is 2. The standard InChI is InChI=1S/C26H21Cl2NO7S2/c1-16-7-9-18(10-8-16)38(32,33)36-24-20(28)13-17(14-22(24)34-2)15-23-25(30)29(26(31)37-23)11-12-35-21-6-4-3-5-19(21)27/h3-10,13-15H,11-12H2,1-2H3/b23-15-. The highest BCUT2D eigenvalue weighted by Gasteiger charge is 2.35. The second-order valence-electron chi connectivity index (χ2n) is 8.00. The molecule has 1 aliphatic rings. The van der Waals surface area contributed by atoms with Gasteiger partial charge in [0.1, 0.15) is 17.3 Å². The third kappa shape index (κ3) is 6.27. The maximum Gasteiger partial charge on any atom is 0.339 e. The van der Waals surface area contributed by atoms with E-state index in [2.05, 4.69) is 0 Å². The minimum atomic E-state index is -4.19. The van der Waals surface area contributed by atoms with Crippen LogP contribution in [-0.4, -0.2) is 44.7 Å². The van der Waals surface area contributed by atoms with E-state index >= 15 is 0 Å². The SMILES string of the molecule is COc1cc(/C=C2\SC(=O)N(CCOc3ccccc3Cl)C2=O)cc(Cl)c1OS(=O)(=O)c1ccc(C)cc1. The summed E-state index contributed by atoms with van der Waals surface area (Å²) in [6.45, 7) is 1.93. The van der Waals surface area contributed by atoms with Crippen LogP contribution in [0, 0.1) is 6.92 Å². The van der Waals surface area contributed by atoms with Crippen LogP contribution in [0.15, 0.2) is 70.5 Å². The second-order valence-corrected chi connectivity index (χ2v) is 11.4. The van der Waals surface area contributed by atoms with Crippen LogP contribution in [0.1, 0.15) is 11.1 Å². The van der Waals surface area contributed by atoms with Gasteiger partial charge in [-0.3, -0.25) is 14.5 Å². The molecule has 198 valence electrons. The van der Waals surface area contributed by atoms with Crippen molar-refractivity contribution in [1.82, 2.24) is 4.90 Å². The number of hydrogen-bond acceptors (Lipinski definition) is 8. The lowest BCUT2D eigenvalue weighted by atomic mass is 10.2. The molecule has 0 bridgehead atoms. The fourth-order valence-electron chi connectivity index (χ4n) is 3.42. The number of imide groups is 1. The summed E-state index contributed by atoms with van der Waals surface area (Å²) in [6, 6.07) is 15.9. The van der Waals surface area contributed by atoms with Crippen molar-refractivity contribution in [2.24, 2.45) is 0 Å². The van der Waals surface area contributed by atoms with Crippen molar-refractivity contribution in [3.8, 4) is 17.2 Å². The summed E-state index contributed by atoms with van der Waals surface area (Å²) < 4.78 is 41.7. The Balaban J connectivity index is 1.50. The molecule has 3 aromatic rings. The number of nitrogens with zero attached hydrogens (tertiary/aromatic N) is 1. The molecule has 2 amide bonds. The predicted molar refractivity (Wildman–Crippen MR) is 147 cm³/mol. The number of thioether (sulfide) groups is 1. The summed E-state index contributed by atoms with van der Waals surface area (Å²) in [5.74, 6) is -0.214. The van der Waals surface area contributed by atoms with E-state index in [1.165, 1.54) is 37.5 Å². The van der Waals surface area contributed by atoms with Crippen LogP contribution in [0.2, 0.25) is 10.0 Å². The molecule has 0 unspecified atom stereocenters. The Hall–Kier alpha value is -3.18. The van der Waals surface area contributed by atoms with Gasteiger partial charge in [0, 0.05) is 0 Å². The molecule has 0 atom stereocenters. The summed E-state index contributed by atoms with van der Waals surface area (Å²) in [6.07, 6.45) is 1.46. The zero-order chi connectivity index (χ0) is 27.4. The van der Waals surface area contributed by atoms with Gasteiger partial charge in [-0.05, 0) is 66.7 Å². The summed E-state index contributed by atoms with van der Waals surface area (Å²) >= 11 is 13.2. The van der Waals surface area contributed by atoms with Crippen molar-refractivity contribution in [1.29, 1.82) is 0 Å². The van der Waals surface area contributed by atoms with Gasteiger partial charge in [-0.1, -0.05) is 53.0 Å². The van der Waals surface area contributed by atoms with Gasteiger partial charge in [0.05, 0.1) is 28.6 Å². The Morgan fingerprint density at radius 3 is 2.37 bits per heavy atom. The minimum absolute atomic E-state index is 0.0287. The maximum atomic E-state index is 12.9. The fourth-order valence-corrected chi connectivity index (χ4v) is 5.74. The summed E-state index contributed by atoms with van der Waals surface area (Å²) in [5.41, 5.74) is 1.30. The van der Waals surface area contributed by atoms with E-state index < -0.39 is 21.3 Å². The van der Waals surface area contributed by atoms with Gasteiger partial charge in [-0.25, -0.2) is 0 Å². The van der Waals surface area contributed by atoms with Gasteiger partial charge in [0.15, 0.2) is 5.75 Å². The van der Waals surface area contributed by atoms with Crippen molar-refractivity contribution in [2.75, 3.05) is 20.3 Å². The lowest BCUT2D eigenvalue weighted by molar-refractivity contribution is -0.123. The summed E-state index contributed by atoms with van der Waals surface area (Å²) in [7, 11) is -2.86. The number of methoxy groups -OCH3 is 1. The average Bonchev–Trinajstić information content (AvgIpc) is 3.14. The normalized spacial score (nSPS) is 14.7. The first-order valence-corrected chi connectivity index (χ1v) is 14.1. The van der Waals surface area contributed by atoms with Crippen LogP contribution in [0.4, 0.5) is 4.79 Å².